The van der Waals surface area contributed by atoms with Crippen LogP contribution in [0.3, 0.4) is 0 Å². The third-order valence-corrected chi connectivity index (χ3v) is 8.37. The zero-order chi connectivity index (χ0) is 30.8. The maximum Gasteiger partial charge on any atom is 0.124 e. The second kappa shape index (κ2) is 16.1. The zero-order valence-electron chi connectivity index (χ0n) is 26.1. The van der Waals surface area contributed by atoms with Crippen molar-refractivity contribution >= 4 is 45.3 Å². The molecule has 0 atom stereocenters. The van der Waals surface area contributed by atoms with Gasteiger partial charge >= 0.3 is 0 Å². The van der Waals surface area contributed by atoms with Crippen LogP contribution in [-0.4, -0.2) is 22.6 Å². The average molecular weight is 656 g/mol. The van der Waals surface area contributed by atoms with Gasteiger partial charge < -0.3 is 10.2 Å². The smallest absolute Gasteiger partial charge is 0.124 e. The fraction of sp³-hybridized carbons (Fsp3) is 0.171. The minimum atomic E-state index is 0. The summed E-state index contributed by atoms with van der Waals surface area (Å²) < 4.78 is 0. The molecule has 0 radical (unpaired) electrons. The fourth-order valence-electron chi connectivity index (χ4n) is 5.97. The van der Waals surface area contributed by atoms with Crippen molar-refractivity contribution in [3.8, 4) is 22.6 Å². The number of nitrogens with zero attached hydrogens (tertiary/aromatic N) is 2. The van der Waals surface area contributed by atoms with Crippen LogP contribution in [0.15, 0.2) is 131 Å². The Balaban J connectivity index is 0.000000463. The van der Waals surface area contributed by atoms with Crippen molar-refractivity contribution in [1.82, 2.24) is 0 Å². The first-order chi connectivity index (χ1) is 22.2. The SMILES string of the molecule is C1CCCCCC1.Oc1ccccc1C=Nc1ccc2ccccc2c1-c1c(N=Cc2ccccc2O)ccc2ccccc12.[Zn]. The molecule has 4 nitrogen and oxygen atoms in total. The molecule has 1 saturated carbocycles. The van der Waals surface area contributed by atoms with E-state index in [2.05, 4.69) is 36.4 Å². The molecule has 0 unspecified atom stereocenters. The van der Waals surface area contributed by atoms with Gasteiger partial charge in [-0.2, -0.15) is 0 Å². The van der Waals surface area contributed by atoms with Crippen LogP contribution in [0.25, 0.3) is 32.7 Å². The molecule has 0 saturated heterocycles. The van der Waals surface area contributed by atoms with E-state index in [1.54, 1.807) is 36.7 Å². The molecule has 0 aromatic heterocycles. The van der Waals surface area contributed by atoms with Crippen molar-refractivity contribution in [1.29, 1.82) is 0 Å². The number of benzene rings is 6. The van der Waals surface area contributed by atoms with E-state index in [-0.39, 0.29) is 31.0 Å². The van der Waals surface area contributed by atoms with E-state index in [1.807, 2.05) is 60.7 Å². The molecular formula is C41H38N2O2Zn. The van der Waals surface area contributed by atoms with Crippen LogP contribution in [0.1, 0.15) is 56.1 Å². The molecule has 1 fully saturated rings. The third-order valence-electron chi connectivity index (χ3n) is 8.37. The number of phenolic OH excluding ortho intramolecular Hbond substituents is 2. The number of fused-ring (bicyclic) bond motifs is 2. The summed E-state index contributed by atoms with van der Waals surface area (Å²) >= 11 is 0. The minimum Gasteiger partial charge on any atom is -0.507 e. The second-order valence-electron chi connectivity index (χ2n) is 11.5. The first kappa shape index (κ1) is 32.8. The van der Waals surface area contributed by atoms with Crippen molar-refractivity contribution in [2.24, 2.45) is 9.98 Å². The summed E-state index contributed by atoms with van der Waals surface area (Å²) in [6, 6.07) is 38.9. The molecule has 2 N–H and O–H groups in total. The summed E-state index contributed by atoms with van der Waals surface area (Å²) in [5.74, 6) is 0.355. The van der Waals surface area contributed by atoms with Gasteiger partial charge in [-0.05, 0) is 57.9 Å². The molecule has 0 amide bonds. The third kappa shape index (κ3) is 7.78. The van der Waals surface area contributed by atoms with Gasteiger partial charge in [0.1, 0.15) is 11.5 Å². The summed E-state index contributed by atoms with van der Waals surface area (Å²) in [6.45, 7) is 0. The number of hydrogen-bond acceptors (Lipinski definition) is 4. The van der Waals surface area contributed by atoms with E-state index in [0.717, 1.165) is 44.0 Å². The Bertz CT molecular complexity index is 1830. The summed E-state index contributed by atoms with van der Waals surface area (Å²) in [5.41, 5.74) is 4.72. The molecule has 5 heteroatoms. The van der Waals surface area contributed by atoms with E-state index in [9.17, 15) is 10.2 Å². The summed E-state index contributed by atoms with van der Waals surface area (Å²) in [5, 5.41) is 24.9. The van der Waals surface area contributed by atoms with Gasteiger partial charge in [0.2, 0.25) is 0 Å². The van der Waals surface area contributed by atoms with Crippen molar-refractivity contribution in [3.63, 3.8) is 0 Å². The topological polar surface area (TPSA) is 65.2 Å². The number of hydrogen-bond donors (Lipinski definition) is 2. The van der Waals surface area contributed by atoms with Gasteiger partial charge in [-0.1, -0.05) is 130 Å². The molecular weight excluding hydrogens is 618 g/mol. The van der Waals surface area contributed by atoms with Gasteiger partial charge in [0.05, 0.1) is 11.4 Å². The van der Waals surface area contributed by atoms with Crippen LogP contribution in [0.5, 0.6) is 11.5 Å². The summed E-state index contributed by atoms with van der Waals surface area (Å²) in [4.78, 5) is 9.73. The average Bonchev–Trinajstić information content (AvgIpc) is 3.41. The van der Waals surface area contributed by atoms with E-state index >= 15 is 0 Å². The van der Waals surface area contributed by atoms with Crippen LogP contribution in [0, 0.1) is 0 Å². The number of phenols is 2. The normalized spacial score (nSPS) is 13.3. The quantitative estimate of drug-likeness (QED) is 0.110. The van der Waals surface area contributed by atoms with Crippen molar-refractivity contribution < 1.29 is 29.7 Å². The molecule has 6 aromatic rings. The molecule has 0 bridgehead atoms. The molecule has 7 rings (SSSR count). The van der Waals surface area contributed by atoms with E-state index < -0.39 is 0 Å². The monoisotopic (exact) mass is 654 g/mol. The Morgan fingerprint density at radius 2 is 0.761 bits per heavy atom. The number of para-hydroxylation sites is 2. The van der Waals surface area contributed by atoms with Crippen LogP contribution in [0.2, 0.25) is 0 Å². The Kier molecular flexibility index (Phi) is 11.5. The second-order valence-corrected chi connectivity index (χ2v) is 11.5. The van der Waals surface area contributed by atoms with E-state index in [1.165, 1.54) is 44.9 Å². The van der Waals surface area contributed by atoms with Gasteiger partial charge in [-0.3, -0.25) is 9.98 Å². The van der Waals surface area contributed by atoms with E-state index in [4.69, 9.17) is 9.98 Å². The predicted molar refractivity (Wildman–Crippen MR) is 190 cm³/mol. The Labute approximate surface area is 284 Å². The Morgan fingerprint density at radius 1 is 0.413 bits per heavy atom. The summed E-state index contributed by atoms with van der Waals surface area (Å²) in [7, 11) is 0. The van der Waals surface area contributed by atoms with Crippen LogP contribution in [0.4, 0.5) is 11.4 Å². The Morgan fingerprint density at radius 3 is 1.15 bits per heavy atom. The van der Waals surface area contributed by atoms with Crippen molar-refractivity contribution in [2.45, 2.75) is 44.9 Å². The van der Waals surface area contributed by atoms with Gasteiger partial charge in [-0.25, -0.2) is 0 Å². The van der Waals surface area contributed by atoms with Crippen LogP contribution < -0.4 is 0 Å². The molecule has 0 heterocycles. The van der Waals surface area contributed by atoms with E-state index in [0.29, 0.717) is 11.1 Å². The van der Waals surface area contributed by atoms with Gasteiger partial charge in [0, 0.05) is 54.2 Å². The number of aromatic hydroxyl groups is 2. The van der Waals surface area contributed by atoms with Crippen molar-refractivity contribution in [2.75, 3.05) is 0 Å². The van der Waals surface area contributed by atoms with Gasteiger partial charge in [0.25, 0.3) is 0 Å². The van der Waals surface area contributed by atoms with Crippen molar-refractivity contribution in [3.05, 3.63) is 132 Å². The standard InChI is InChI=1S/C34H24N2O2.C7H14.Zn/c37-31-15-7-3-11-25(31)21-35-29-19-17-23-9-1-5-13-27(23)33(29)34-28-14-6-2-10-24(28)18-20-30(34)36-22-26-12-4-8-16-32(26)38;1-2-4-6-7-5-3-1;/h1-22,37-38H;1-7H2;. The van der Waals surface area contributed by atoms with Gasteiger partial charge in [-0.15, -0.1) is 0 Å². The predicted octanol–water partition coefficient (Wildman–Crippen LogP) is 11.3. The largest absolute Gasteiger partial charge is 0.507 e. The van der Waals surface area contributed by atoms with Crippen LogP contribution >= 0.6 is 0 Å². The molecule has 0 aliphatic heterocycles. The molecule has 0 spiro atoms. The maximum absolute atomic E-state index is 10.3. The number of rotatable bonds is 5. The fourth-order valence-corrected chi connectivity index (χ4v) is 5.97. The maximum atomic E-state index is 10.3. The minimum absolute atomic E-state index is 0. The molecule has 1 aliphatic carbocycles. The molecule has 1 aliphatic rings. The molecule has 6 aromatic carbocycles. The molecule has 226 valence electrons. The molecule has 46 heavy (non-hydrogen) atoms. The first-order valence-electron chi connectivity index (χ1n) is 15.9. The van der Waals surface area contributed by atoms with Gasteiger partial charge in [0.15, 0.2) is 0 Å². The zero-order valence-corrected chi connectivity index (χ0v) is 29.1. The summed E-state index contributed by atoms with van der Waals surface area (Å²) in [6.07, 6.45) is 13.9. The first-order valence-corrected chi connectivity index (χ1v) is 15.9. The number of aliphatic imine (C=N–C) groups is 2. The Hall–Kier alpha value is -4.60. The van der Waals surface area contributed by atoms with Crippen LogP contribution in [-0.2, 0) is 19.5 Å².